The van der Waals surface area contributed by atoms with Gasteiger partial charge >= 0.3 is 12.8 Å². The number of ether oxygens (including phenoxy) is 1. The summed E-state index contributed by atoms with van der Waals surface area (Å²) in [5, 5.41) is 4.65. The van der Waals surface area contributed by atoms with E-state index in [1.54, 1.807) is 7.05 Å². The second-order valence-electron chi connectivity index (χ2n) is 6.15. The predicted molar refractivity (Wildman–Crippen MR) is 93.2 cm³/mol. The van der Waals surface area contributed by atoms with Crippen molar-refractivity contribution in [3.8, 4) is 11.4 Å². The minimum atomic E-state index is -4.74. The lowest BCUT2D eigenvalue weighted by Gasteiger charge is -2.13. The van der Waals surface area contributed by atoms with Crippen molar-refractivity contribution in [1.82, 2.24) is 19.3 Å². The summed E-state index contributed by atoms with van der Waals surface area (Å²) >= 11 is 0. The van der Waals surface area contributed by atoms with E-state index >= 15 is 0 Å². The molecule has 0 fully saturated rings. The van der Waals surface area contributed by atoms with E-state index in [1.807, 2.05) is 0 Å². The molecule has 150 valence electrons. The molecule has 1 aromatic carbocycles. The molecule has 0 unspecified atom stereocenters. The van der Waals surface area contributed by atoms with Gasteiger partial charge in [-0.15, -0.1) is 0 Å². The number of benzene rings is 1. The number of aryl methyl sites for hydroxylation is 1. The molecule has 29 heavy (non-hydrogen) atoms. The van der Waals surface area contributed by atoms with Crippen LogP contribution in [0.5, 0.6) is 5.75 Å². The Balaban J connectivity index is 2.10. The lowest BCUT2D eigenvalue weighted by atomic mass is 10.1. The van der Waals surface area contributed by atoms with Crippen LogP contribution in [0.4, 0.5) is 22.0 Å². The molecule has 0 bridgehead atoms. The van der Waals surface area contributed by atoms with Gasteiger partial charge in [0.15, 0.2) is 5.52 Å². The van der Waals surface area contributed by atoms with Gasteiger partial charge in [0, 0.05) is 30.1 Å². The first-order chi connectivity index (χ1) is 13.6. The van der Waals surface area contributed by atoms with Crippen molar-refractivity contribution >= 4 is 21.9 Å². The molecule has 0 atom stereocenters. The van der Waals surface area contributed by atoms with Crippen LogP contribution in [0.2, 0.25) is 0 Å². The quantitative estimate of drug-likeness (QED) is 0.481. The number of nitrogens with zero attached hydrogens (tertiary/aromatic N) is 4. The standard InChI is InChI=1S/C18H11F5N4O2/c1-26-8-12-11-5-6-13(18(21,22)23)24-15(11)27(16(28)14(12)25-26)9-3-2-4-10(7-9)29-17(19)20/h2-8,17H,1H3. The van der Waals surface area contributed by atoms with Gasteiger partial charge in [-0.05, 0) is 24.3 Å². The summed E-state index contributed by atoms with van der Waals surface area (Å²) in [7, 11) is 1.56. The Labute approximate surface area is 158 Å². The molecule has 11 heteroatoms. The van der Waals surface area contributed by atoms with Crippen LogP contribution in [-0.2, 0) is 13.2 Å². The van der Waals surface area contributed by atoms with Crippen molar-refractivity contribution in [1.29, 1.82) is 0 Å². The van der Waals surface area contributed by atoms with Crippen molar-refractivity contribution < 1.29 is 26.7 Å². The Morgan fingerprint density at radius 1 is 1.10 bits per heavy atom. The fourth-order valence-electron chi connectivity index (χ4n) is 3.07. The lowest BCUT2D eigenvalue weighted by Crippen LogP contribution is -2.21. The van der Waals surface area contributed by atoms with Crippen LogP contribution in [0.15, 0.2) is 47.4 Å². The van der Waals surface area contributed by atoms with Crippen LogP contribution in [-0.4, -0.2) is 25.9 Å². The van der Waals surface area contributed by atoms with E-state index < -0.39 is 24.0 Å². The predicted octanol–water partition coefficient (Wildman–Crippen LogP) is 3.89. The van der Waals surface area contributed by atoms with E-state index in [0.29, 0.717) is 5.39 Å². The summed E-state index contributed by atoms with van der Waals surface area (Å²) in [5.41, 5.74) is -2.20. The molecule has 3 heterocycles. The second-order valence-corrected chi connectivity index (χ2v) is 6.15. The Kier molecular flexibility index (Phi) is 4.25. The van der Waals surface area contributed by atoms with Crippen LogP contribution in [0.25, 0.3) is 27.6 Å². The van der Waals surface area contributed by atoms with E-state index in [2.05, 4.69) is 14.8 Å². The molecule has 0 saturated heterocycles. The highest BCUT2D eigenvalue weighted by molar-refractivity contribution is 6.03. The molecular formula is C18H11F5N4O2. The van der Waals surface area contributed by atoms with Gasteiger partial charge in [-0.25, -0.2) is 4.98 Å². The number of aromatic nitrogens is 4. The third-order valence-corrected chi connectivity index (χ3v) is 4.20. The van der Waals surface area contributed by atoms with Crippen LogP contribution in [0.3, 0.4) is 0 Å². The maximum Gasteiger partial charge on any atom is 0.433 e. The molecule has 0 N–H and O–H groups in total. The van der Waals surface area contributed by atoms with Crippen LogP contribution >= 0.6 is 0 Å². The SMILES string of the molecule is Cn1cc2c(n1)c(=O)n(-c1cccc(OC(F)F)c1)c1nc(C(F)(F)F)ccc21. The van der Waals surface area contributed by atoms with Gasteiger partial charge in [0.05, 0.1) is 5.69 Å². The molecule has 0 aliphatic rings. The zero-order chi connectivity index (χ0) is 20.9. The number of fused-ring (bicyclic) bond motifs is 3. The van der Waals surface area contributed by atoms with Gasteiger partial charge in [0.1, 0.15) is 17.1 Å². The average molecular weight is 410 g/mol. The van der Waals surface area contributed by atoms with Crippen molar-refractivity contribution in [2.45, 2.75) is 12.8 Å². The number of pyridine rings is 2. The summed E-state index contributed by atoms with van der Waals surface area (Å²) in [6, 6.07) is 7.06. The van der Waals surface area contributed by atoms with E-state index in [0.717, 1.165) is 16.7 Å². The first kappa shape index (κ1) is 18.8. The summed E-state index contributed by atoms with van der Waals surface area (Å²) in [6.07, 6.45) is -3.24. The summed E-state index contributed by atoms with van der Waals surface area (Å²) in [4.78, 5) is 16.7. The maximum atomic E-state index is 13.2. The Hall–Kier alpha value is -3.50. The fraction of sp³-hybridized carbons (Fsp3) is 0.167. The Morgan fingerprint density at radius 3 is 2.55 bits per heavy atom. The number of halogens is 5. The third-order valence-electron chi connectivity index (χ3n) is 4.20. The van der Waals surface area contributed by atoms with E-state index in [9.17, 15) is 26.7 Å². The van der Waals surface area contributed by atoms with Crippen molar-refractivity contribution in [2.24, 2.45) is 7.05 Å². The number of hydrogen-bond donors (Lipinski definition) is 0. The number of hydrogen-bond acceptors (Lipinski definition) is 4. The molecule has 3 aromatic heterocycles. The van der Waals surface area contributed by atoms with Crippen LogP contribution < -0.4 is 10.3 Å². The zero-order valence-corrected chi connectivity index (χ0v) is 14.6. The summed E-state index contributed by atoms with van der Waals surface area (Å²) in [5.74, 6) is -0.259. The third kappa shape index (κ3) is 3.28. The van der Waals surface area contributed by atoms with Gasteiger partial charge < -0.3 is 4.74 Å². The molecule has 0 aliphatic carbocycles. The van der Waals surface area contributed by atoms with Gasteiger partial charge in [0.25, 0.3) is 5.56 Å². The van der Waals surface area contributed by atoms with Crippen molar-refractivity contribution in [2.75, 3.05) is 0 Å². The first-order valence-electron chi connectivity index (χ1n) is 8.17. The zero-order valence-electron chi connectivity index (χ0n) is 14.6. The molecule has 6 nitrogen and oxygen atoms in total. The highest BCUT2D eigenvalue weighted by atomic mass is 19.4. The van der Waals surface area contributed by atoms with E-state index in [4.69, 9.17) is 0 Å². The highest BCUT2D eigenvalue weighted by Gasteiger charge is 2.33. The fourth-order valence-corrected chi connectivity index (χ4v) is 3.07. The molecule has 0 radical (unpaired) electrons. The normalized spacial score (nSPS) is 12.2. The minimum Gasteiger partial charge on any atom is -0.435 e. The highest BCUT2D eigenvalue weighted by Crippen LogP contribution is 2.31. The first-order valence-corrected chi connectivity index (χ1v) is 8.17. The average Bonchev–Trinajstić information content (AvgIpc) is 3.03. The minimum absolute atomic E-state index is 0.00161. The maximum absolute atomic E-state index is 13.2. The Bertz CT molecular complexity index is 1290. The molecule has 0 aliphatic heterocycles. The van der Waals surface area contributed by atoms with Gasteiger partial charge in [-0.2, -0.15) is 27.1 Å². The second kappa shape index (κ2) is 6.54. The van der Waals surface area contributed by atoms with Crippen LogP contribution in [0.1, 0.15) is 5.69 Å². The topological polar surface area (TPSA) is 61.9 Å². The van der Waals surface area contributed by atoms with Gasteiger partial charge in [-0.1, -0.05) is 6.07 Å². The van der Waals surface area contributed by atoms with Gasteiger partial charge in [-0.3, -0.25) is 14.0 Å². The summed E-state index contributed by atoms with van der Waals surface area (Å²) in [6.45, 7) is -3.10. The molecule has 4 rings (SSSR count). The van der Waals surface area contributed by atoms with E-state index in [-0.39, 0.29) is 28.0 Å². The molecule has 0 saturated carbocycles. The largest absolute Gasteiger partial charge is 0.435 e. The number of alkyl halides is 5. The smallest absolute Gasteiger partial charge is 0.433 e. The summed E-state index contributed by atoms with van der Waals surface area (Å²) < 4.78 is 71.3. The number of rotatable bonds is 3. The molecule has 0 amide bonds. The Morgan fingerprint density at radius 2 is 1.86 bits per heavy atom. The molecule has 0 spiro atoms. The van der Waals surface area contributed by atoms with E-state index in [1.165, 1.54) is 35.1 Å². The molecular weight excluding hydrogens is 399 g/mol. The van der Waals surface area contributed by atoms with Crippen LogP contribution in [0, 0.1) is 0 Å². The lowest BCUT2D eigenvalue weighted by molar-refractivity contribution is -0.141. The van der Waals surface area contributed by atoms with Crippen molar-refractivity contribution in [3.63, 3.8) is 0 Å². The van der Waals surface area contributed by atoms with Crippen molar-refractivity contribution in [3.05, 3.63) is 58.6 Å². The molecule has 4 aromatic rings. The monoisotopic (exact) mass is 410 g/mol. The van der Waals surface area contributed by atoms with Gasteiger partial charge in [0.2, 0.25) is 0 Å².